The topological polar surface area (TPSA) is 56.5 Å². The maximum absolute atomic E-state index is 6.03. The summed E-state index contributed by atoms with van der Waals surface area (Å²) in [6.07, 6.45) is 9.78. The molecule has 0 aromatic carbocycles. The summed E-state index contributed by atoms with van der Waals surface area (Å²) in [7, 11) is 0. The molecule has 3 rings (SSSR count). The summed E-state index contributed by atoms with van der Waals surface area (Å²) in [5.41, 5.74) is 7.33. The maximum Gasteiger partial charge on any atom is 0.305 e. The van der Waals surface area contributed by atoms with Gasteiger partial charge in [0, 0.05) is 17.4 Å². The first kappa shape index (κ1) is 8.05. The van der Waals surface area contributed by atoms with E-state index >= 15 is 0 Å². The fourth-order valence-corrected chi connectivity index (χ4v) is 1.75. The predicted octanol–water partition coefficient (Wildman–Crippen LogP) is 1.35. The Bertz CT molecular complexity index is 453. The third-order valence-corrected chi connectivity index (χ3v) is 2.99. The quantitative estimate of drug-likeness (QED) is 0.796. The Labute approximate surface area is 81.7 Å². The Kier molecular flexibility index (Phi) is 1.50. The van der Waals surface area contributed by atoms with Gasteiger partial charge in [-0.3, -0.25) is 4.40 Å². The van der Waals surface area contributed by atoms with Gasteiger partial charge in [-0.15, -0.1) is 0 Å². The van der Waals surface area contributed by atoms with Crippen LogP contribution in [0.4, 0.5) is 0 Å². The minimum absolute atomic E-state index is 0.119. The third kappa shape index (κ3) is 1.23. The van der Waals surface area contributed by atoms with Crippen LogP contribution < -0.4 is 5.73 Å². The summed E-state index contributed by atoms with van der Waals surface area (Å²) in [5, 5.41) is 0. The normalized spacial score (nSPS) is 18.9. The third-order valence-electron chi connectivity index (χ3n) is 2.99. The smallest absolute Gasteiger partial charge is 0.305 e. The van der Waals surface area contributed by atoms with Crippen molar-refractivity contribution in [1.29, 1.82) is 0 Å². The molecule has 0 aliphatic heterocycles. The Morgan fingerprint density at radius 3 is 3.21 bits per heavy atom. The first-order chi connectivity index (χ1) is 6.77. The zero-order valence-electron chi connectivity index (χ0n) is 7.94. The van der Waals surface area contributed by atoms with E-state index in [1.807, 2.05) is 16.8 Å². The highest BCUT2D eigenvalue weighted by atomic mass is 16.3. The Morgan fingerprint density at radius 1 is 1.57 bits per heavy atom. The molecule has 0 saturated heterocycles. The molecule has 1 saturated carbocycles. The molecule has 2 aromatic rings. The van der Waals surface area contributed by atoms with Crippen LogP contribution in [0.15, 0.2) is 23.1 Å². The Balaban J connectivity index is 1.81. The molecule has 14 heavy (non-hydrogen) atoms. The number of aryl methyl sites for hydroxylation is 1. The number of oxazole rings is 1. The monoisotopic (exact) mass is 191 g/mol. The molecule has 0 amide bonds. The molecular weight excluding hydrogens is 178 g/mol. The van der Waals surface area contributed by atoms with E-state index in [2.05, 4.69) is 4.98 Å². The molecule has 2 N–H and O–H groups in total. The largest absolute Gasteiger partial charge is 0.432 e. The SMILES string of the molecule is NC1(CCc2cnc3occn23)CC1. The van der Waals surface area contributed by atoms with Crippen molar-refractivity contribution >= 4 is 5.84 Å². The van der Waals surface area contributed by atoms with Crippen LogP contribution in [0.25, 0.3) is 5.84 Å². The number of aromatic nitrogens is 2. The van der Waals surface area contributed by atoms with E-state index in [1.54, 1.807) is 6.26 Å². The second-order valence-corrected chi connectivity index (χ2v) is 4.17. The molecule has 1 aliphatic rings. The highest BCUT2D eigenvalue weighted by Crippen LogP contribution is 2.36. The van der Waals surface area contributed by atoms with E-state index in [1.165, 1.54) is 18.5 Å². The molecule has 74 valence electrons. The van der Waals surface area contributed by atoms with Crippen LogP contribution in [0.1, 0.15) is 25.0 Å². The molecule has 2 heterocycles. The molecule has 4 heteroatoms. The van der Waals surface area contributed by atoms with Gasteiger partial charge in [-0.2, -0.15) is 0 Å². The van der Waals surface area contributed by atoms with E-state index in [-0.39, 0.29) is 5.54 Å². The summed E-state index contributed by atoms with van der Waals surface area (Å²) in [5.74, 6) is 0.668. The van der Waals surface area contributed by atoms with Crippen LogP contribution in [0.3, 0.4) is 0 Å². The first-order valence-electron chi connectivity index (χ1n) is 4.95. The molecular formula is C10H13N3O. The molecule has 0 bridgehead atoms. The number of nitrogens with zero attached hydrogens (tertiary/aromatic N) is 2. The van der Waals surface area contributed by atoms with E-state index < -0.39 is 0 Å². The van der Waals surface area contributed by atoms with Gasteiger partial charge in [-0.1, -0.05) is 0 Å². The van der Waals surface area contributed by atoms with Gasteiger partial charge in [0.25, 0.3) is 0 Å². The fourth-order valence-electron chi connectivity index (χ4n) is 1.75. The molecule has 4 nitrogen and oxygen atoms in total. The highest BCUT2D eigenvalue weighted by molar-refractivity contribution is 5.27. The standard InChI is InChI=1S/C10H13N3O/c11-10(3-4-10)2-1-8-7-12-9-13(8)5-6-14-9/h5-7H,1-4,11H2. The van der Waals surface area contributed by atoms with Crippen LogP contribution >= 0.6 is 0 Å². The number of rotatable bonds is 3. The zero-order chi connectivity index (χ0) is 9.60. The minimum Gasteiger partial charge on any atom is -0.432 e. The van der Waals surface area contributed by atoms with Crippen LogP contribution in [-0.2, 0) is 6.42 Å². The van der Waals surface area contributed by atoms with Gasteiger partial charge >= 0.3 is 5.84 Å². The van der Waals surface area contributed by atoms with Crippen molar-refractivity contribution in [1.82, 2.24) is 9.38 Å². The molecule has 0 radical (unpaired) electrons. The summed E-state index contributed by atoms with van der Waals surface area (Å²) >= 11 is 0. The van der Waals surface area contributed by atoms with Crippen molar-refractivity contribution in [3.63, 3.8) is 0 Å². The summed E-state index contributed by atoms with van der Waals surface area (Å²) in [6.45, 7) is 0. The van der Waals surface area contributed by atoms with Crippen LogP contribution in [0.2, 0.25) is 0 Å². The maximum atomic E-state index is 6.03. The molecule has 1 fully saturated rings. The van der Waals surface area contributed by atoms with Crippen molar-refractivity contribution in [2.45, 2.75) is 31.2 Å². The van der Waals surface area contributed by atoms with Gasteiger partial charge in [0.1, 0.15) is 6.26 Å². The van der Waals surface area contributed by atoms with Crippen LogP contribution in [-0.4, -0.2) is 14.9 Å². The minimum atomic E-state index is 0.119. The Hall–Kier alpha value is -1.29. The average Bonchev–Trinajstić information content (AvgIpc) is 2.65. The zero-order valence-corrected chi connectivity index (χ0v) is 7.94. The summed E-state index contributed by atoms with van der Waals surface area (Å²) < 4.78 is 7.14. The average molecular weight is 191 g/mol. The summed E-state index contributed by atoms with van der Waals surface area (Å²) in [4.78, 5) is 4.16. The van der Waals surface area contributed by atoms with E-state index in [4.69, 9.17) is 10.2 Å². The van der Waals surface area contributed by atoms with Gasteiger partial charge in [0.15, 0.2) is 0 Å². The second-order valence-electron chi connectivity index (χ2n) is 4.17. The van der Waals surface area contributed by atoms with Gasteiger partial charge in [0.05, 0.1) is 6.20 Å². The molecule has 0 atom stereocenters. The van der Waals surface area contributed by atoms with E-state index in [0.29, 0.717) is 5.84 Å². The number of nitrogens with two attached hydrogens (primary N) is 1. The van der Waals surface area contributed by atoms with Crippen molar-refractivity contribution in [3.8, 4) is 0 Å². The van der Waals surface area contributed by atoms with E-state index in [0.717, 1.165) is 12.8 Å². The summed E-state index contributed by atoms with van der Waals surface area (Å²) in [6, 6.07) is 0. The number of imidazole rings is 1. The number of fused-ring (bicyclic) bond motifs is 1. The van der Waals surface area contributed by atoms with Gasteiger partial charge in [-0.05, 0) is 25.7 Å². The molecule has 0 unspecified atom stereocenters. The number of hydrogen-bond acceptors (Lipinski definition) is 3. The lowest BCUT2D eigenvalue weighted by Crippen LogP contribution is -2.22. The second kappa shape index (κ2) is 2.60. The fraction of sp³-hybridized carbons (Fsp3) is 0.500. The molecule has 0 spiro atoms. The van der Waals surface area contributed by atoms with Crippen molar-refractivity contribution in [3.05, 3.63) is 24.4 Å². The van der Waals surface area contributed by atoms with E-state index in [9.17, 15) is 0 Å². The van der Waals surface area contributed by atoms with Gasteiger partial charge < -0.3 is 10.2 Å². The number of hydrogen-bond donors (Lipinski definition) is 1. The lowest BCUT2D eigenvalue weighted by molar-refractivity contribution is 0.590. The first-order valence-corrected chi connectivity index (χ1v) is 4.95. The lowest BCUT2D eigenvalue weighted by atomic mass is 10.1. The predicted molar refractivity (Wildman–Crippen MR) is 51.9 cm³/mol. The van der Waals surface area contributed by atoms with Gasteiger partial charge in [0.2, 0.25) is 0 Å². The highest BCUT2D eigenvalue weighted by Gasteiger charge is 2.37. The van der Waals surface area contributed by atoms with Crippen LogP contribution in [0, 0.1) is 0 Å². The van der Waals surface area contributed by atoms with Crippen LogP contribution in [0.5, 0.6) is 0 Å². The Morgan fingerprint density at radius 2 is 2.43 bits per heavy atom. The lowest BCUT2D eigenvalue weighted by Gasteiger charge is -2.06. The van der Waals surface area contributed by atoms with Crippen molar-refractivity contribution < 1.29 is 4.42 Å². The molecule has 1 aliphatic carbocycles. The van der Waals surface area contributed by atoms with Gasteiger partial charge in [-0.25, -0.2) is 4.98 Å². The molecule has 2 aromatic heterocycles. The van der Waals surface area contributed by atoms with Crippen molar-refractivity contribution in [2.24, 2.45) is 5.73 Å². The van der Waals surface area contributed by atoms with Crippen molar-refractivity contribution in [2.75, 3.05) is 0 Å².